The fraction of sp³-hybridized carbons (Fsp3) is 0.846. The lowest BCUT2D eigenvalue weighted by atomic mass is 10.0. The standard InChI is InChI=1S/C13H23NO3.C12H21NO4.CH4/c1-6-10-7-11(9(2)15)14(8-10)12(16)17-13(3,4)5;1-5-8-6-9(10(14)15)13(7-8)11(16)17-12(2,3)4;/h10-11H,6-8H2,1-5H3;8-9H,5-7H2,1-4H3,(H,14,15);1H4/t10-,11-;8-,9-;/m00./s1. The Bertz CT molecular complexity index is 677. The Kier molecular flexibility index (Phi) is 12.2. The molecule has 2 aliphatic heterocycles. The summed E-state index contributed by atoms with van der Waals surface area (Å²) < 4.78 is 10.5. The van der Waals surface area contributed by atoms with Crippen LogP contribution in [0.15, 0.2) is 0 Å². The van der Waals surface area contributed by atoms with Gasteiger partial charge < -0.3 is 14.6 Å². The molecule has 2 saturated heterocycles. The summed E-state index contributed by atoms with van der Waals surface area (Å²) in [5.74, 6) is -0.237. The Morgan fingerprint density at radius 2 is 1.11 bits per heavy atom. The molecule has 9 nitrogen and oxygen atoms in total. The predicted molar refractivity (Wildman–Crippen MR) is 135 cm³/mol. The number of likely N-dealkylation sites (tertiary alicyclic amines) is 2. The third kappa shape index (κ3) is 10.4. The van der Waals surface area contributed by atoms with Gasteiger partial charge >= 0.3 is 18.2 Å². The molecule has 2 aliphatic rings. The molecular formula is C26H48N2O7. The highest BCUT2D eigenvalue weighted by atomic mass is 16.6. The highest BCUT2D eigenvalue weighted by Crippen LogP contribution is 2.28. The van der Waals surface area contributed by atoms with Crippen LogP contribution >= 0.6 is 0 Å². The summed E-state index contributed by atoms with van der Waals surface area (Å²) >= 11 is 0. The van der Waals surface area contributed by atoms with Crippen molar-refractivity contribution in [3.05, 3.63) is 0 Å². The highest BCUT2D eigenvalue weighted by Gasteiger charge is 2.41. The Hall–Kier alpha value is -2.32. The number of carboxylic acid groups (broad SMARTS) is 1. The molecule has 204 valence electrons. The number of amides is 2. The van der Waals surface area contributed by atoms with Crippen molar-refractivity contribution in [1.82, 2.24) is 9.80 Å². The molecule has 0 aromatic carbocycles. The number of carbonyl (C=O) groups is 4. The summed E-state index contributed by atoms with van der Waals surface area (Å²) in [6, 6.07) is -1.04. The first kappa shape index (κ1) is 32.7. The third-order valence-corrected chi connectivity index (χ3v) is 5.94. The second-order valence-corrected chi connectivity index (χ2v) is 11.3. The molecule has 0 spiro atoms. The first-order valence-corrected chi connectivity index (χ1v) is 12.2. The average molecular weight is 501 g/mol. The van der Waals surface area contributed by atoms with Gasteiger partial charge in [0.15, 0.2) is 5.78 Å². The number of aliphatic carboxylic acids is 1. The zero-order chi connectivity index (χ0) is 26.4. The van der Waals surface area contributed by atoms with Gasteiger partial charge in [-0.1, -0.05) is 34.1 Å². The third-order valence-electron chi connectivity index (χ3n) is 5.94. The molecule has 2 heterocycles. The van der Waals surface area contributed by atoms with E-state index in [1.165, 1.54) is 4.90 Å². The van der Waals surface area contributed by atoms with Gasteiger partial charge in [0.2, 0.25) is 0 Å². The molecule has 0 aromatic heterocycles. The van der Waals surface area contributed by atoms with Gasteiger partial charge in [-0.2, -0.15) is 0 Å². The predicted octanol–water partition coefficient (Wildman–Crippen LogP) is 5.35. The minimum atomic E-state index is -0.952. The quantitative estimate of drug-likeness (QED) is 0.553. The molecule has 0 unspecified atom stereocenters. The number of ether oxygens (including phenoxy) is 2. The van der Waals surface area contributed by atoms with E-state index in [9.17, 15) is 19.2 Å². The summed E-state index contributed by atoms with van der Waals surface area (Å²) in [6.45, 7) is 17.6. The number of carbonyl (C=O) groups excluding carboxylic acids is 3. The van der Waals surface area contributed by atoms with Crippen LogP contribution in [-0.2, 0) is 19.1 Å². The van der Waals surface area contributed by atoms with Crippen LogP contribution in [0.2, 0.25) is 0 Å². The van der Waals surface area contributed by atoms with Crippen molar-refractivity contribution in [2.45, 2.75) is 119 Å². The molecule has 0 bridgehead atoms. The van der Waals surface area contributed by atoms with Gasteiger partial charge in [-0.25, -0.2) is 14.4 Å². The topological polar surface area (TPSA) is 113 Å². The summed E-state index contributed by atoms with van der Waals surface area (Å²) in [5, 5.41) is 9.09. The second-order valence-electron chi connectivity index (χ2n) is 11.3. The van der Waals surface area contributed by atoms with Crippen LogP contribution < -0.4 is 0 Å². The molecule has 9 heteroatoms. The number of hydrogen-bond acceptors (Lipinski definition) is 6. The smallest absolute Gasteiger partial charge is 0.411 e. The average Bonchev–Trinajstić information content (AvgIpc) is 3.30. The molecule has 35 heavy (non-hydrogen) atoms. The van der Waals surface area contributed by atoms with Crippen molar-refractivity contribution in [2.75, 3.05) is 13.1 Å². The van der Waals surface area contributed by atoms with Gasteiger partial charge in [-0.3, -0.25) is 14.6 Å². The van der Waals surface area contributed by atoms with E-state index in [4.69, 9.17) is 14.6 Å². The van der Waals surface area contributed by atoms with E-state index in [0.29, 0.717) is 25.4 Å². The largest absolute Gasteiger partial charge is 0.480 e. The number of rotatable bonds is 4. The van der Waals surface area contributed by atoms with Gasteiger partial charge in [0, 0.05) is 13.1 Å². The lowest BCUT2D eigenvalue weighted by Gasteiger charge is -2.27. The van der Waals surface area contributed by atoms with E-state index >= 15 is 0 Å². The molecule has 2 fully saturated rings. The van der Waals surface area contributed by atoms with Gasteiger partial charge in [-0.05, 0) is 73.1 Å². The number of hydrogen-bond donors (Lipinski definition) is 1. The molecule has 2 rings (SSSR count). The molecule has 1 N–H and O–H groups in total. The molecule has 0 aliphatic carbocycles. The van der Waals surface area contributed by atoms with Gasteiger partial charge in [0.25, 0.3) is 0 Å². The van der Waals surface area contributed by atoms with Crippen LogP contribution in [0.3, 0.4) is 0 Å². The number of carboxylic acids is 1. The van der Waals surface area contributed by atoms with Crippen LogP contribution in [0.1, 0.15) is 95.4 Å². The van der Waals surface area contributed by atoms with Crippen molar-refractivity contribution in [2.24, 2.45) is 11.8 Å². The molecule has 0 radical (unpaired) electrons. The maximum atomic E-state index is 12.0. The molecule has 2 amide bonds. The van der Waals surface area contributed by atoms with Crippen LogP contribution in [0.25, 0.3) is 0 Å². The fourth-order valence-electron chi connectivity index (χ4n) is 4.10. The van der Waals surface area contributed by atoms with E-state index in [-0.39, 0.29) is 31.3 Å². The Morgan fingerprint density at radius 1 is 0.771 bits per heavy atom. The van der Waals surface area contributed by atoms with Crippen LogP contribution in [0, 0.1) is 11.8 Å². The molecule has 0 saturated carbocycles. The van der Waals surface area contributed by atoms with Crippen molar-refractivity contribution >= 4 is 23.9 Å². The van der Waals surface area contributed by atoms with Crippen molar-refractivity contribution in [3.63, 3.8) is 0 Å². The van der Waals surface area contributed by atoms with Gasteiger partial charge in [0.1, 0.15) is 17.2 Å². The fourth-order valence-corrected chi connectivity index (χ4v) is 4.10. The lowest BCUT2D eigenvalue weighted by molar-refractivity contribution is -0.142. The van der Waals surface area contributed by atoms with Gasteiger partial charge in [-0.15, -0.1) is 0 Å². The zero-order valence-corrected chi connectivity index (χ0v) is 22.3. The SMILES string of the molecule is C.CC[C@H]1C[C@@H](C(=O)O)N(C(=O)OC(C)(C)C)C1.CC[C@H]1C[C@@H](C(C)=O)N(C(=O)OC(C)(C)C)C1. The first-order chi connectivity index (χ1) is 15.5. The van der Waals surface area contributed by atoms with Crippen molar-refractivity contribution in [3.8, 4) is 0 Å². The van der Waals surface area contributed by atoms with Crippen LogP contribution in [-0.4, -0.2) is 75.2 Å². The maximum Gasteiger partial charge on any atom is 0.411 e. The van der Waals surface area contributed by atoms with Crippen molar-refractivity contribution in [1.29, 1.82) is 0 Å². The van der Waals surface area contributed by atoms with E-state index in [0.717, 1.165) is 19.3 Å². The summed E-state index contributed by atoms with van der Waals surface area (Å²) in [6.07, 6.45) is 2.26. The molecule has 0 aromatic rings. The maximum absolute atomic E-state index is 12.0. The summed E-state index contributed by atoms with van der Waals surface area (Å²) in [5.41, 5.74) is -1.10. The minimum Gasteiger partial charge on any atom is -0.480 e. The molecular weight excluding hydrogens is 452 g/mol. The van der Waals surface area contributed by atoms with E-state index < -0.39 is 29.3 Å². The Morgan fingerprint density at radius 3 is 1.40 bits per heavy atom. The number of nitrogens with zero attached hydrogens (tertiary/aromatic N) is 2. The summed E-state index contributed by atoms with van der Waals surface area (Å²) in [7, 11) is 0. The van der Waals surface area contributed by atoms with E-state index in [1.54, 1.807) is 32.6 Å². The first-order valence-electron chi connectivity index (χ1n) is 12.2. The normalized spacial score (nSPS) is 24.1. The van der Waals surface area contributed by atoms with Crippen molar-refractivity contribution < 1.29 is 33.8 Å². The number of ketones is 1. The van der Waals surface area contributed by atoms with Crippen LogP contribution in [0.4, 0.5) is 9.59 Å². The van der Waals surface area contributed by atoms with Crippen LogP contribution in [0.5, 0.6) is 0 Å². The van der Waals surface area contributed by atoms with E-state index in [1.807, 2.05) is 27.7 Å². The van der Waals surface area contributed by atoms with Gasteiger partial charge in [0.05, 0.1) is 6.04 Å². The summed E-state index contributed by atoms with van der Waals surface area (Å²) in [4.78, 5) is 49.4. The highest BCUT2D eigenvalue weighted by molar-refractivity contribution is 5.86. The Labute approximate surface area is 211 Å². The monoisotopic (exact) mass is 500 g/mol. The lowest BCUT2D eigenvalue weighted by Crippen LogP contribution is -2.43. The second kappa shape index (κ2) is 13.1. The minimum absolute atomic E-state index is 0. The Balaban J connectivity index is 0.000000642. The zero-order valence-electron chi connectivity index (χ0n) is 22.3. The number of Topliss-reactive ketones (excluding diaryl/α,β-unsaturated/α-hetero) is 1. The van der Waals surface area contributed by atoms with E-state index in [2.05, 4.69) is 6.92 Å². The molecule has 4 atom stereocenters.